The summed E-state index contributed by atoms with van der Waals surface area (Å²) in [5.74, 6) is 0. The molecule has 220 valence electrons. The minimum atomic E-state index is -2.25. The predicted molar refractivity (Wildman–Crippen MR) is 176 cm³/mol. The molecule has 3 nitrogen and oxygen atoms in total. The van der Waals surface area contributed by atoms with Crippen molar-refractivity contribution in [3.8, 4) is 11.1 Å². The number of aryl methyl sites for hydroxylation is 2. The van der Waals surface area contributed by atoms with Crippen LogP contribution in [0.1, 0.15) is 109 Å². The van der Waals surface area contributed by atoms with Gasteiger partial charge in [-0.2, -0.15) is 0 Å². The molecule has 4 aromatic rings. The maximum Gasteiger partial charge on any atom is 0.331 e. The van der Waals surface area contributed by atoms with Gasteiger partial charge in [0.25, 0.3) is 0 Å². The lowest BCUT2D eigenvalue weighted by molar-refractivity contribution is 0.142. The fourth-order valence-electron chi connectivity index (χ4n) is 5.89. The van der Waals surface area contributed by atoms with Crippen LogP contribution in [0.2, 0.25) is 0 Å². The van der Waals surface area contributed by atoms with Crippen molar-refractivity contribution in [3.05, 3.63) is 128 Å². The fraction of sp³-hybridized carbons (Fsp3) is 0.368. The standard InChI is InChI=1S/C38H45O3P/c1-23-19-27(37(5,6)7)21-33(25(23)3)35-31-17-13-11-15-29(31)30-16-12-14-18-32(30)36(41-42(39)40-35)34-22-28(38(8,9)10)20-24(2)26(34)4/h11-22,35-36,39H,1-10H3/t35-,36?,42?/m0/s1. The summed E-state index contributed by atoms with van der Waals surface area (Å²) in [6, 6.07) is 26.0. The number of fused-ring (bicyclic) bond motifs is 3. The molecule has 2 unspecified atom stereocenters. The Morgan fingerprint density at radius 2 is 0.905 bits per heavy atom. The van der Waals surface area contributed by atoms with E-state index in [1.165, 1.54) is 33.4 Å². The van der Waals surface area contributed by atoms with Crippen LogP contribution in [-0.2, 0) is 19.9 Å². The molecule has 1 heterocycles. The van der Waals surface area contributed by atoms with Gasteiger partial charge < -0.3 is 4.89 Å². The summed E-state index contributed by atoms with van der Waals surface area (Å²) in [7, 11) is -2.25. The lowest BCUT2D eigenvalue weighted by Gasteiger charge is -2.29. The van der Waals surface area contributed by atoms with Gasteiger partial charge in [-0.1, -0.05) is 114 Å². The molecule has 1 aliphatic rings. The summed E-state index contributed by atoms with van der Waals surface area (Å²) in [6.45, 7) is 22.0. The Bertz CT molecular complexity index is 1500. The van der Waals surface area contributed by atoms with Crippen molar-refractivity contribution in [2.75, 3.05) is 0 Å². The zero-order valence-corrected chi connectivity index (χ0v) is 27.7. The van der Waals surface area contributed by atoms with Crippen LogP contribution in [0.15, 0.2) is 72.8 Å². The fourth-order valence-corrected chi connectivity index (χ4v) is 6.76. The van der Waals surface area contributed by atoms with Crippen LogP contribution in [-0.4, -0.2) is 4.89 Å². The molecule has 3 atom stereocenters. The van der Waals surface area contributed by atoms with Gasteiger partial charge in [-0.15, -0.1) is 0 Å². The van der Waals surface area contributed by atoms with E-state index in [1.807, 2.05) is 0 Å². The highest BCUT2D eigenvalue weighted by Gasteiger charge is 2.34. The Labute approximate surface area is 253 Å². The molecular formula is C38H45O3P. The number of benzene rings is 4. The first kappa shape index (κ1) is 30.6. The molecular weight excluding hydrogens is 535 g/mol. The molecule has 0 saturated carbocycles. The molecule has 0 aliphatic carbocycles. The van der Waals surface area contributed by atoms with Crippen molar-refractivity contribution in [1.82, 2.24) is 0 Å². The average molecular weight is 581 g/mol. The first-order valence-electron chi connectivity index (χ1n) is 14.9. The van der Waals surface area contributed by atoms with Crippen molar-refractivity contribution in [2.24, 2.45) is 0 Å². The number of rotatable bonds is 2. The van der Waals surface area contributed by atoms with E-state index in [0.717, 1.165) is 33.4 Å². The Morgan fingerprint density at radius 1 is 0.548 bits per heavy atom. The summed E-state index contributed by atoms with van der Waals surface area (Å²) in [4.78, 5) is 11.7. The van der Waals surface area contributed by atoms with Gasteiger partial charge >= 0.3 is 8.60 Å². The van der Waals surface area contributed by atoms with Gasteiger partial charge in [0.1, 0.15) is 12.2 Å². The van der Waals surface area contributed by atoms with Gasteiger partial charge in [-0.05, 0) is 105 Å². The predicted octanol–water partition coefficient (Wildman–Crippen LogP) is 10.6. The highest BCUT2D eigenvalue weighted by molar-refractivity contribution is 7.40. The smallest absolute Gasteiger partial charge is 0.328 e. The van der Waals surface area contributed by atoms with Crippen molar-refractivity contribution >= 4 is 8.60 Å². The molecule has 1 aliphatic heterocycles. The van der Waals surface area contributed by atoms with Crippen LogP contribution < -0.4 is 0 Å². The Morgan fingerprint density at radius 3 is 1.26 bits per heavy atom. The third kappa shape index (κ3) is 5.86. The Kier molecular flexibility index (Phi) is 8.29. The van der Waals surface area contributed by atoms with Gasteiger partial charge in [0.15, 0.2) is 0 Å². The van der Waals surface area contributed by atoms with Crippen LogP contribution in [0, 0.1) is 27.7 Å². The average Bonchev–Trinajstić information content (AvgIpc) is 2.97. The molecule has 4 aromatic carbocycles. The SMILES string of the molecule is Cc1cc(C(C)(C)C)cc(C2OP(O)O[C@H](c3cc(C(C)(C)C)cc(C)c3C)c3ccccc3-c3ccccc32)c1C. The molecule has 0 aromatic heterocycles. The molecule has 4 heteroatoms. The Hall–Kier alpha value is -2.81. The first-order chi connectivity index (χ1) is 19.7. The van der Waals surface area contributed by atoms with Gasteiger partial charge in [-0.3, -0.25) is 9.05 Å². The molecule has 0 bridgehead atoms. The molecule has 0 radical (unpaired) electrons. The van der Waals surface area contributed by atoms with Crippen LogP contribution >= 0.6 is 8.60 Å². The monoisotopic (exact) mass is 580 g/mol. The van der Waals surface area contributed by atoms with E-state index in [0.29, 0.717) is 0 Å². The van der Waals surface area contributed by atoms with Crippen molar-refractivity contribution in [2.45, 2.75) is 92.3 Å². The first-order valence-corrected chi connectivity index (χ1v) is 16.0. The van der Waals surface area contributed by atoms with Crippen LogP contribution in [0.25, 0.3) is 11.1 Å². The van der Waals surface area contributed by atoms with Gasteiger partial charge in [0, 0.05) is 0 Å². The zero-order valence-electron chi connectivity index (χ0n) is 26.8. The molecule has 0 saturated heterocycles. The summed E-state index contributed by atoms with van der Waals surface area (Å²) >= 11 is 0. The highest BCUT2D eigenvalue weighted by atomic mass is 31.2. The molecule has 5 rings (SSSR count). The van der Waals surface area contributed by atoms with E-state index in [2.05, 4.69) is 142 Å². The second-order valence-electron chi connectivity index (χ2n) is 13.9. The normalized spacial score (nSPS) is 19.4. The maximum atomic E-state index is 11.7. The highest BCUT2D eigenvalue weighted by Crippen LogP contribution is 2.53. The minimum absolute atomic E-state index is 0.0309. The molecule has 0 fully saturated rings. The summed E-state index contributed by atoms with van der Waals surface area (Å²) in [5, 5.41) is 0. The molecule has 42 heavy (non-hydrogen) atoms. The zero-order chi connectivity index (χ0) is 30.6. The van der Waals surface area contributed by atoms with E-state index < -0.39 is 20.8 Å². The van der Waals surface area contributed by atoms with E-state index in [1.54, 1.807) is 0 Å². The lowest BCUT2D eigenvalue weighted by Crippen LogP contribution is -2.15. The third-order valence-electron chi connectivity index (χ3n) is 8.88. The number of hydrogen-bond donors (Lipinski definition) is 1. The van der Waals surface area contributed by atoms with Crippen molar-refractivity contribution in [1.29, 1.82) is 0 Å². The van der Waals surface area contributed by atoms with E-state index in [-0.39, 0.29) is 10.8 Å². The van der Waals surface area contributed by atoms with Gasteiger partial charge in [0.05, 0.1) is 0 Å². The quantitative estimate of drug-likeness (QED) is 0.240. The minimum Gasteiger partial charge on any atom is -0.328 e. The molecule has 0 spiro atoms. The number of hydrogen-bond acceptors (Lipinski definition) is 3. The van der Waals surface area contributed by atoms with Gasteiger partial charge in [-0.25, -0.2) is 0 Å². The largest absolute Gasteiger partial charge is 0.331 e. The molecule has 0 amide bonds. The summed E-state index contributed by atoms with van der Waals surface area (Å²) < 4.78 is 13.3. The van der Waals surface area contributed by atoms with E-state index in [4.69, 9.17) is 9.05 Å². The van der Waals surface area contributed by atoms with E-state index >= 15 is 0 Å². The van der Waals surface area contributed by atoms with Crippen molar-refractivity contribution < 1.29 is 13.9 Å². The second kappa shape index (κ2) is 11.4. The maximum absolute atomic E-state index is 11.7. The van der Waals surface area contributed by atoms with E-state index in [9.17, 15) is 4.89 Å². The summed E-state index contributed by atoms with van der Waals surface area (Å²) in [6.07, 6.45) is -0.984. The van der Waals surface area contributed by atoms with Crippen molar-refractivity contribution in [3.63, 3.8) is 0 Å². The Balaban J connectivity index is 1.77. The van der Waals surface area contributed by atoms with Crippen LogP contribution in [0.4, 0.5) is 0 Å². The second-order valence-corrected chi connectivity index (χ2v) is 14.8. The summed E-state index contributed by atoms with van der Waals surface area (Å²) in [5.41, 5.74) is 13.6. The topological polar surface area (TPSA) is 38.7 Å². The van der Waals surface area contributed by atoms with Crippen LogP contribution in [0.3, 0.4) is 0 Å². The molecule has 1 N–H and O–H groups in total. The lowest BCUT2D eigenvalue weighted by atomic mass is 9.80. The van der Waals surface area contributed by atoms with Gasteiger partial charge in [0.2, 0.25) is 0 Å². The van der Waals surface area contributed by atoms with Crippen LogP contribution in [0.5, 0.6) is 0 Å². The third-order valence-corrected chi connectivity index (χ3v) is 9.66.